The number of carbonyl (C=O) groups excluding carboxylic acids is 2. The van der Waals surface area contributed by atoms with Crippen molar-refractivity contribution >= 4 is 23.3 Å². The molecule has 3 N–H and O–H groups in total. The molecule has 4 aromatic rings. The van der Waals surface area contributed by atoms with E-state index in [4.69, 9.17) is 4.74 Å². The fourth-order valence-corrected chi connectivity index (χ4v) is 4.10. The van der Waals surface area contributed by atoms with Gasteiger partial charge in [-0.25, -0.2) is 4.79 Å². The molecule has 4 rings (SSSR count). The molecule has 8 nitrogen and oxygen atoms in total. The van der Waals surface area contributed by atoms with E-state index >= 15 is 0 Å². The minimum atomic E-state index is -0.349. The molecule has 38 heavy (non-hydrogen) atoms. The number of hydrogen-bond donors (Lipinski definition) is 3. The van der Waals surface area contributed by atoms with Crippen molar-refractivity contribution in [3.05, 3.63) is 95.6 Å². The highest BCUT2D eigenvalue weighted by atomic mass is 16.5. The fraction of sp³-hybridized carbons (Fsp3) is 0.233. The van der Waals surface area contributed by atoms with Gasteiger partial charge in [0, 0.05) is 36.4 Å². The highest BCUT2D eigenvalue weighted by Crippen LogP contribution is 2.31. The molecular weight excluding hydrogens is 478 g/mol. The molecule has 0 unspecified atom stereocenters. The second-order valence-corrected chi connectivity index (χ2v) is 10.1. The normalized spacial score (nSPS) is 11.1. The lowest BCUT2D eigenvalue weighted by Gasteiger charge is -2.23. The number of hydrogen-bond acceptors (Lipinski definition) is 4. The number of carbonyl (C=O) groups is 2. The molecule has 2 aromatic heterocycles. The van der Waals surface area contributed by atoms with E-state index in [0.29, 0.717) is 17.2 Å². The predicted molar refractivity (Wildman–Crippen MR) is 151 cm³/mol. The van der Waals surface area contributed by atoms with Crippen LogP contribution in [0.4, 0.5) is 16.2 Å². The predicted octanol–water partition coefficient (Wildman–Crippen LogP) is 6.58. The van der Waals surface area contributed by atoms with E-state index in [9.17, 15) is 9.59 Å². The smallest absolute Gasteiger partial charge is 0.323 e. The van der Waals surface area contributed by atoms with Crippen molar-refractivity contribution in [1.82, 2.24) is 14.9 Å². The van der Waals surface area contributed by atoms with Gasteiger partial charge in [-0.1, -0.05) is 26.8 Å². The lowest BCUT2D eigenvalue weighted by Crippen LogP contribution is -2.21. The standard InChI is InChI=1S/C30H33N5O3/c1-19-7-8-20(2)35(19)27-14-9-21(30(3,4)5)17-25(27)34-29(37)33-22-10-12-23(13-11-22)38-24-15-16-32-26(18-24)28(36)31-6/h7-18H,1-6H3,(H,31,36)(H2,33,34,37). The van der Waals surface area contributed by atoms with Crippen molar-refractivity contribution in [2.75, 3.05) is 17.7 Å². The number of aromatic nitrogens is 2. The van der Waals surface area contributed by atoms with Crippen LogP contribution in [-0.2, 0) is 5.41 Å². The van der Waals surface area contributed by atoms with Crippen molar-refractivity contribution in [2.45, 2.75) is 40.0 Å². The molecule has 0 atom stereocenters. The first-order chi connectivity index (χ1) is 18.0. The molecule has 0 aliphatic rings. The maximum Gasteiger partial charge on any atom is 0.323 e. The van der Waals surface area contributed by atoms with Crippen LogP contribution >= 0.6 is 0 Å². The van der Waals surface area contributed by atoms with E-state index < -0.39 is 0 Å². The summed E-state index contributed by atoms with van der Waals surface area (Å²) in [6, 6.07) is 20.2. The summed E-state index contributed by atoms with van der Waals surface area (Å²) in [5.41, 5.74) is 5.72. The van der Waals surface area contributed by atoms with Gasteiger partial charge in [-0.05, 0) is 79.4 Å². The van der Waals surface area contributed by atoms with E-state index in [-0.39, 0.29) is 23.0 Å². The minimum Gasteiger partial charge on any atom is -0.457 e. The minimum absolute atomic E-state index is 0.0715. The van der Waals surface area contributed by atoms with Crippen molar-refractivity contribution < 1.29 is 14.3 Å². The number of pyridine rings is 1. The monoisotopic (exact) mass is 511 g/mol. The number of nitrogens with one attached hydrogen (secondary N) is 3. The number of amides is 3. The van der Waals surface area contributed by atoms with E-state index in [0.717, 1.165) is 28.3 Å². The summed E-state index contributed by atoms with van der Waals surface area (Å²) in [5.74, 6) is 0.752. The van der Waals surface area contributed by atoms with Gasteiger partial charge in [0.05, 0.1) is 11.4 Å². The summed E-state index contributed by atoms with van der Waals surface area (Å²) < 4.78 is 7.97. The maximum atomic E-state index is 13.0. The molecule has 3 amide bonds. The molecule has 2 heterocycles. The number of aryl methyl sites for hydroxylation is 2. The first-order valence-electron chi connectivity index (χ1n) is 12.4. The zero-order chi connectivity index (χ0) is 27.4. The van der Waals surface area contributed by atoms with Crippen LogP contribution in [0.25, 0.3) is 5.69 Å². The Morgan fingerprint density at radius 2 is 1.53 bits per heavy atom. The molecule has 0 spiro atoms. The first kappa shape index (κ1) is 26.5. The van der Waals surface area contributed by atoms with Crippen LogP contribution in [0, 0.1) is 13.8 Å². The van der Waals surface area contributed by atoms with Crippen molar-refractivity contribution in [3.63, 3.8) is 0 Å². The quantitative estimate of drug-likeness (QED) is 0.272. The zero-order valence-corrected chi connectivity index (χ0v) is 22.5. The van der Waals surface area contributed by atoms with Crippen LogP contribution in [-0.4, -0.2) is 28.5 Å². The van der Waals surface area contributed by atoms with Gasteiger partial charge in [0.1, 0.15) is 17.2 Å². The van der Waals surface area contributed by atoms with Gasteiger partial charge >= 0.3 is 6.03 Å². The van der Waals surface area contributed by atoms with Gasteiger partial charge in [-0.15, -0.1) is 0 Å². The van der Waals surface area contributed by atoms with Gasteiger partial charge in [-0.3, -0.25) is 9.78 Å². The van der Waals surface area contributed by atoms with Gasteiger partial charge in [0.2, 0.25) is 0 Å². The molecule has 0 fully saturated rings. The molecular formula is C30H33N5O3. The average molecular weight is 512 g/mol. The summed E-state index contributed by atoms with van der Waals surface area (Å²) in [4.78, 5) is 28.9. The number of benzene rings is 2. The van der Waals surface area contributed by atoms with E-state index in [1.165, 1.54) is 6.20 Å². The van der Waals surface area contributed by atoms with Gasteiger partial charge < -0.3 is 25.3 Å². The number of rotatable bonds is 6. The van der Waals surface area contributed by atoms with E-state index in [2.05, 4.69) is 70.5 Å². The molecule has 0 aliphatic heterocycles. The van der Waals surface area contributed by atoms with Crippen LogP contribution in [0.1, 0.15) is 48.2 Å². The zero-order valence-electron chi connectivity index (χ0n) is 22.5. The summed E-state index contributed by atoms with van der Waals surface area (Å²) >= 11 is 0. The van der Waals surface area contributed by atoms with Crippen LogP contribution in [0.2, 0.25) is 0 Å². The van der Waals surface area contributed by atoms with E-state index in [1.54, 1.807) is 43.4 Å². The Hall–Kier alpha value is -4.59. The lowest BCUT2D eigenvalue weighted by atomic mass is 9.86. The second kappa shape index (κ2) is 10.8. The Morgan fingerprint density at radius 1 is 0.842 bits per heavy atom. The summed E-state index contributed by atoms with van der Waals surface area (Å²) in [7, 11) is 1.55. The number of nitrogens with zero attached hydrogens (tertiary/aromatic N) is 2. The molecule has 0 aliphatic carbocycles. The lowest BCUT2D eigenvalue weighted by molar-refractivity contribution is 0.0958. The van der Waals surface area contributed by atoms with Gasteiger partial charge in [-0.2, -0.15) is 0 Å². The highest BCUT2D eigenvalue weighted by Gasteiger charge is 2.18. The summed E-state index contributed by atoms with van der Waals surface area (Å²) in [6.45, 7) is 10.5. The molecule has 0 radical (unpaired) electrons. The molecule has 0 saturated carbocycles. The Morgan fingerprint density at radius 3 is 2.16 bits per heavy atom. The Bertz CT molecular complexity index is 1450. The number of ether oxygens (including phenoxy) is 1. The van der Waals surface area contributed by atoms with Crippen molar-refractivity contribution in [1.29, 1.82) is 0 Å². The third kappa shape index (κ3) is 6.03. The van der Waals surface area contributed by atoms with Gasteiger partial charge in [0.15, 0.2) is 0 Å². The Kier molecular flexibility index (Phi) is 7.52. The third-order valence-electron chi connectivity index (χ3n) is 6.16. The fourth-order valence-electron chi connectivity index (χ4n) is 4.10. The van der Waals surface area contributed by atoms with Crippen molar-refractivity contribution in [3.8, 4) is 17.2 Å². The Labute approximate surface area is 223 Å². The third-order valence-corrected chi connectivity index (χ3v) is 6.16. The average Bonchev–Trinajstić information content (AvgIpc) is 3.21. The molecule has 0 bridgehead atoms. The van der Waals surface area contributed by atoms with Crippen LogP contribution < -0.4 is 20.7 Å². The van der Waals surface area contributed by atoms with Crippen LogP contribution in [0.15, 0.2) is 72.9 Å². The van der Waals surface area contributed by atoms with Gasteiger partial charge in [0.25, 0.3) is 5.91 Å². The first-order valence-corrected chi connectivity index (χ1v) is 12.4. The van der Waals surface area contributed by atoms with E-state index in [1.807, 2.05) is 19.9 Å². The summed E-state index contributed by atoms with van der Waals surface area (Å²) in [6.07, 6.45) is 1.51. The topological polar surface area (TPSA) is 97.3 Å². The highest BCUT2D eigenvalue weighted by molar-refractivity contribution is 6.01. The maximum absolute atomic E-state index is 13.0. The molecule has 0 saturated heterocycles. The largest absolute Gasteiger partial charge is 0.457 e. The number of urea groups is 1. The van der Waals surface area contributed by atoms with Crippen LogP contribution in [0.3, 0.4) is 0 Å². The Balaban J connectivity index is 1.50. The molecule has 8 heteroatoms. The summed E-state index contributed by atoms with van der Waals surface area (Å²) in [5, 5.41) is 8.48. The SMILES string of the molecule is CNC(=O)c1cc(Oc2ccc(NC(=O)Nc3cc(C(C)(C)C)ccc3-n3c(C)ccc3C)cc2)ccn1. The molecule has 196 valence electrons. The van der Waals surface area contributed by atoms with Crippen molar-refractivity contribution in [2.24, 2.45) is 0 Å². The number of anilines is 2. The second-order valence-electron chi connectivity index (χ2n) is 10.1. The van der Waals surface area contributed by atoms with Crippen LogP contribution in [0.5, 0.6) is 11.5 Å². The molecule has 2 aromatic carbocycles.